The van der Waals surface area contributed by atoms with Gasteiger partial charge in [0.1, 0.15) is 5.82 Å². The zero-order chi connectivity index (χ0) is 14.5. The Hall–Kier alpha value is -2.37. The highest BCUT2D eigenvalue weighted by molar-refractivity contribution is 5.53. The zero-order valence-electron chi connectivity index (χ0n) is 11.9. The first-order valence-corrected chi connectivity index (χ1v) is 6.49. The van der Waals surface area contributed by atoms with Crippen molar-refractivity contribution in [2.45, 2.75) is 33.4 Å². The van der Waals surface area contributed by atoms with Crippen LogP contribution in [-0.4, -0.2) is 21.1 Å². The normalized spacial score (nSPS) is 10.6. The maximum Gasteiger partial charge on any atom is 0.239 e. The summed E-state index contributed by atoms with van der Waals surface area (Å²) in [7, 11) is 0. The predicted octanol–water partition coefficient (Wildman–Crippen LogP) is 2.16. The Morgan fingerprint density at radius 3 is 2.70 bits per heavy atom. The van der Waals surface area contributed by atoms with E-state index in [0.717, 1.165) is 11.4 Å². The second-order valence-corrected chi connectivity index (χ2v) is 4.76. The van der Waals surface area contributed by atoms with Gasteiger partial charge in [0.05, 0.1) is 35.9 Å². The Kier molecular flexibility index (Phi) is 4.34. The lowest BCUT2D eigenvalue weighted by Crippen LogP contribution is -2.10. The average Bonchev–Trinajstić information content (AvgIpc) is 2.41. The lowest BCUT2D eigenvalue weighted by Gasteiger charge is -2.12. The van der Waals surface area contributed by atoms with E-state index >= 15 is 0 Å². The molecule has 0 fully saturated rings. The van der Waals surface area contributed by atoms with E-state index in [4.69, 9.17) is 10.5 Å². The maximum absolute atomic E-state index is 5.82. The van der Waals surface area contributed by atoms with E-state index in [1.807, 2.05) is 26.8 Å². The highest BCUT2D eigenvalue weighted by atomic mass is 16.5. The van der Waals surface area contributed by atoms with Gasteiger partial charge in [0.25, 0.3) is 0 Å². The number of hydrogen-bond acceptors (Lipinski definition) is 6. The first-order chi connectivity index (χ1) is 9.54. The smallest absolute Gasteiger partial charge is 0.239 e. The number of aryl methyl sites for hydroxylation is 1. The molecule has 6 heteroatoms. The number of nitrogens with two attached hydrogens (primary N) is 1. The number of rotatable bonds is 5. The molecule has 2 heterocycles. The lowest BCUT2D eigenvalue weighted by molar-refractivity contribution is 0.234. The molecule has 0 unspecified atom stereocenters. The van der Waals surface area contributed by atoms with Gasteiger partial charge in [-0.15, -0.1) is 0 Å². The van der Waals surface area contributed by atoms with Crippen LogP contribution in [0.25, 0.3) is 0 Å². The summed E-state index contributed by atoms with van der Waals surface area (Å²) < 4.78 is 5.55. The molecule has 2 rings (SSSR count). The largest absolute Gasteiger partial charge is 0.473 e. The van der Waals surface area contributed by atoms with Crippen LogP contribution < -0.4 is 15.8 Å². The van der Waals surface area contributed by atoms with Gasteiger partial charge in [-0.25, -0.2) is 0 Å². The molecule has 0 aliphatic rings. The fourth-order valence-electron chi connectivity index (χ4n) is 1.56. The van der Waals surface area contributed by atoms with Crippen molar-refractivity contribution in [3.8, 4) is 5.88 Å². The van der Waals surface area contributed by atoms with E-state index in [0.29, 0.717) is 23.9 Å². The summed E-state index contributed by atoms with van der Waals surface area (Å²) in [6.07, 6.45) is 3.51. The summed E-state index contributed by atoms with van der Waals surface area (Å²) in [6, 6.07) is 3.58. The number of nitrogen functional groups attached to an aromatic ring is 1. The van der Waals surface area contributed by atoms with Crippen molar-refractivity contribution < 1.29 is 4.74 Å². The minimum atomic E-state index is 0.0306. The highest BCUT2D eigenvalue weighted by Crippen LogP contribution is 2.22. The molecule has 6 nitrogen and oxygen atoms in total. The van der Waals surface area contributed by atoms with Crippen LogP contribution in [0, 0.1) is 6.92 Å². The van der Waals surface area contributed by atoms with Gasteiger partial charge in [-0.2, -0.15) is 4.98 Å². The van der Waals surface area contributed by atoms with Crippen LogP contribution in [0.2, 0.25) is 0 Å². The monoisotopic (exact) mass is 273 g/mol. The predicted molar refractivity (Wildman–Crippen MR) is 78.5 cm³/mol. The van der Waals surface area contributed by atoms with Gasteiger partial charge < -0.3 is 15.8 Å². The van der Waals surface area contributed by atoms with E-state index < -0.39 is 0 Å². The number of anilines is 2. The maximum atomic E-state index is 5.82. The third kappa shape index (κ3) is 3.81. The van der Waals surface area contributed by atoms with Gasteiger partial charge in [0.15, 0.2) is 0 Å². The SMILES string of the molecule is Cc1cnc(CNc2ccc(N)c(OC(C)C)n2)cn1. The van der Waals surface area contributed by atoms with Crippen molar-refractivity contribution in [3.63, 3.8) is 0 Å². The highest BCUT2D eigenvalue weighted by Gasteiger charge is 2.06. The van der Waals surface area contributed by atoms with E-state index in [1.54, 1.807) is 18.5 Å². The Bertz CT molecular complexity index is 568. The van der Waals surface area contributed by atoms with E-state index in [-0.39, 0.29) is 6.10 Å². The van der Waals surface area contributed by atoms with Crippen molar-refractivity contribution in [3.05, 3.63) is 35.9 Å². The van der Waals surface area contributed by atoms with E-state index in [2.05, 4.69) is 20.3 Å². The minimum Gasteiger partial charge on any atom is -0.473 e. The Labute approximate surface area is 118 Å². The standard InChI is InChI=1S/C14H19N5O/c1-9(2)20-14-12(15)4-5-13(19-14)18-8-11-7-16-10(3)6-17-11/h4-7,9H,8,15H2,1-3H3,(H,18,19). The van der Waals surface area contributed by atoms with Crippen LogP contribution in [0.1, 0.15) is 25.2 Å². The van der Waals surface area contributed by atoms with Gasteiger partial charge >= 0.3 is 0 Å². The van der Waals surface area contributed by atoms with Crippen LogP contribution >= 0.6 is 0 Å². The van der Waals surface area contributed by atoms with Crippen LogP contribution in [0.3, 0.4) is 0 Å². The Morgan fingerprint density at radius 1 is 1.25 bits per heavy atom. The molecule has 0 saturated carbocycles. The molecule has 0 radical (unpaired) electrons. The number of ether oxygens (including phenoxy) is 1. The third-order valence-electron chi connectivity index (χ3n) is 2.52. The topological polar surface area (TPSA) is 86.0 Å². The van der Waals surface area contributed by atoms with Crippen molar-refractivity contribution in [2.75, 3.05) is 11.1 Å². The van der Waals surface area contributed by atoms with Crippen LogP contribution in [0.15, 0.2) is 24.5 Å². The number of nitrogens with one attached hydrogen (secondary N) is 1. The van der Waals surface area contributed by atoms with Crippen LogP contribution in [0.5, 0.6) is 5.88 Å². The molecule has 0 amide bonds. The molecule has 20 heavy (non-hydrogen) atoms. The molecule has 0 bridgehead atoms. The molecule has 2 aromatic heterocycles. The van der Waals surface area contributed by atoms with Crippen molar-refractivity contribution in [1.82, 2.24) is 15.0 Å². The molecular weight excluding hydrogens is 254 g/mol. The summed E-state index contributed by atoms with van der Waals surface area (Å²) in [4.78, 5) is 12.8. The molecule has 0 aliphatic heterocycles. The average molecular weight is 273 g/mol. The third-order valence-corrected chi connectivity index (χ3v) is 2.52. The fourth-order valence-corrected chi connectivity index (χ4v) is 1.56. The number of pyridine rings is 1. The summed E-state index contributed by atoms with van der Waals surface area (Å²) in [5, 5.41) is 3.17. The second kappa shape index (κ2) is 6.18. The molecule has 0 spiro atoms. The number of hydrogen-bond donors (Lipinski definition) is 2. The molecule has 0 aliphatic carbocycles. The molecular formula is C14H19N5O. The molecule has 106 valence electrons. The number of aromatic nitrogens is 3. The van der Waals surface area contributed by atoms with Crippen LogP contribution in [-0.2, 0) is 6.54 Å². The molecule has 0 aromatic carbocycles. The molecule has 2 aromatic rings. The van der Waals surface area contributed by atoms with Gasteiger partial charge in [-0.05, 0) is 32.9 Å². The molecule has 3 N–H and O–H groups in total. The second-order valence-electron chi connectivity index (χ2n) is 4.76. The van der Waals surface area contributed by atoms with Gasteiger partial charge in [0, 0.05) is 6.20 Å². The van der Waals surface area contributed by atoms with Gasteiger partial charge in [0.2, 0.25) is 5.88 Å². The Balaban J connectivity index is 2.04. The summed E-state index contributed by atoms with van der Waals surface area (Å²) in [5.41, 5.74) is 8.09. The van der Waals surface area contributed by atoms with E-state index in [1.165, 1.54) is 0 Å². The lowest BCUT2D eigenvalue weighted by atomic mass is 10.3. The summed E-state index contributed by atoms with van der Waals surface area (Å²) in [6.45, 7) is 6.32. The van der Waals surface area contributed by atoms with E-state index in [9.17, 15) is 0 Å². The fraction of sp³-hybridized carbons (Fsp3) is 0.357. The Morgan fingerprint density at radius 2 is 2.05 bits per heavy atom. The van der Waals surface area contributed by atoms with Crippen molar-refractivity contribution in [1.29, 1.82) is 0 Å². The van der Waals surface area contributed by atoms with Gasteiger partial charge in [-0.1, -0.05) is 0 Å². The minimum absolute atomic E-state index is 0.0306. The number of nitrogens with zero attached hydrogens (tertiary/aromatic N) is 3. The molecule has 0 saturated heterocycles. The first kappa shape index (κ1) is 14.0. The molecule has 0 atom stereocenters. The summed E-state index contributed by atoms with van der Waals surface area (Å²) >= 11 is 0. The van der Waals surface area contributed by atoms with Crippen LogP contribution in [0.4, 0.5) is 11.5 Å². The summed E-state index contributed by atoms with van der Waals surface area (Å²) in [5.74, 6) is 1.14. The zero-order valence-corrected chi connectivity index (χ0v) is 11.9. The van der Waals surface area contributed by atoms with Gasteiger partial charge in [-0.3, -0.25) is 9.97 Å². The van der Waals surface area contributed by atoms with Crippen molar-refractivity contribution in [2.24, 2.45) is 0 Å². The van der Waals surface area contributed by atoms with Crippen molar-refractivity contribution >= 4 is 11.5 Å². The first-order valence-electron chi connectivity index (χ1n) is 6.49. The quantitative estimate of drug-likeness (QED) is 0.868.